The Morgan fingerprint density at radius 2 is 1.90 bits per heavy atom. The highest BCUT2D eigenvalue weighted by Crippen LogP contribution is 2.40. The van der Waals surface area contributed by atoms with Crippen LogP contribution in [0.2, 0.25) is 0 Å². The molecule has 0 amide bonds. The zero-order valence-electron chi connectivity index (χ0n) is 12.6. The van der Waals surface area contributed by atoms with Crippen LogP contribution in [0.5, 0.6) is 5.75 Å². The molecule has 0 saturated carbocycles. The summed E-state index contributed by atoms with van der Waals surface area (Å²) in [5, 5.41) is 20.9. The Morgan fingerprint density at radius 3 is 2.50 bits per heavy atom. The predicted molar refractivity (Wildman–Crippen MR) is 82.5 cm³/mol. The summed E-state index contributed by atoms with van der Waals surface area (Å²) in [5.41, 5.74) is 2.03. The van der Waals surface area contributed by atoms with E-state index in [2.05, 4.69) is 26.8 Å². The SMILES string of the molecule is CCC1=CC(O)(c2ccccc2O)CC=C1CC(C)C. The maximum atomic E-state index is 10.9. The molecule has 1 aliphatic rings. The molecule has 1 atom stereocenters. The summed E-state index contributed by atoms with van der Waals surface area (Å²) >= 11 is 0. The van der Waals surface area contributed by atoms with Gasteiger partial charge in [0, 0.05) is 12.0 Å². The van der Waals surface area contributed by atoms with Gasteiger partial charge in [-0.2, -0.15) is 0 Å². The Balaban J connectivity index is 2.36. The fraction of sp³-hybridized carbons (Fsp3) is 0.444. The van der Waals surface area contributed by atoms with Crippen molar-refractivity contribution in [3.05, 3.63) is 53.1 Å². The van der Waals surface area contributed by atoms with Crippen LogP contribution in [0.15, 0.2) is 47.6 Å². The second-order valence-electron chi connectivity index (χ2n) is 6.00. The normalized spacial score (nSPS) is 22.6. The van der Waals surface area contributed by atoms with Gasteiger partial charge < -0.3 is 10.2 Å². The van der Waals surface area contributed by atoms with Crippen LogP contribution in [0.3, 0.4) is 0 Å². The van der Waals surface area contributed by atoms with Gasteiger partial charge >= 0.3 is 0 Å². The summed E-state index contributed by atoms with van der Waals surface area (Å²) in [6.07, 6.45) is 6.52. The summed E-state index contributed by atoms with van der Waals surface area (Å²) in [6, 6.07) is 7.04. The van der Waals surface area contributed by atoms with Gasteiger partial charge in [0.25, 0.3) is 0 Å². The number of aromatic hydroxyl groups is 1. The standard InChI is InChI=1S/C18H24O2/c1-4-14-12-18(20,10-9-15(14)11-13(2)3)16-7-5-6-8-17(16)19/h5-9,12-13,19-20H,4,10-11H2,1-3H3. The quantitative estimate of drug-likeness (QED) is 0.858. The lowest BCUT2D eigenvalue weighted by Gasteiger charge is -2.31. The lowest BCUT2D eigenvalue weighted by Crippen LogP contribution is -2.26. The van der Waals surface area contributed by atoms with Crippen LogP contribution in [0.4, 0.5) is 0 Å². The summed E-state index contributed by atoms with van der Waals surface area (Å²) in [5.74, 6) is 0.759. The van der Waals surface area contributed by atoms with Crippen molar-refractivity contribution in [3.63, 3.8) is 0 Å². The van der Waals surface area contributed by atoms with Gasteiger partial charge in [0.05, 0.1) is 0 Å². The van der Waals surface area contributed by atoms with Gasteiger partial charge in [-0.25, -0.2) is 0 Å². The molecule has 0 saturated heterocycles. The van der Waals surface area contributed by atoms with Crippen LogP contribution < -0.4 is 0 Å². The first kappa shape index (κ1) is 14.9. The molecular weight excluding hydrogens is 248 g/mol. The van der Waals surface area contributed by atoms with E-state index in [1.807, 2.05) is 12.1 Å². The van der Waals surface area contributed by atoms with Crippen LogP contribution in [-0.4, -0.2) is 10.2 Å². The van der Waals surface area contributed by atoms with Crippen molar-refractivity contribution >= 4 is 0 Å². The van der Waals surface area contributed by atoms with Crippen LogP contribution in [0.1, 0.15) is 45.6 Å². The Kier molecular flexibility index (Phi) is 4.34. The Labute approximate surface area is 121 Å². The second-order valence-corrected chi connectivity index (χ2v) is 6.00. The van der Waals surface area contributed by atoms with Gasteiger partial charge in [-0.1, -0.05) is 45.0 Å². The zero-order valence-corrected chi connectivity index (χ0v) is 12.6. The Hall–Kier alpha value is -1.54. The average molecular weight is 272 g/mol. The van der Waals surface area contributed by atoms with E-state index in [9.17, 15) is 10.2 Å². The largest absolute Gasteiger partial charge is 0.508 e. The number of allylic oxidation sites excluding steroid dienone is 2. The third-order valence-electron chi connectivity index (χ3n) is 3.86. The van der Waals surface area contributed by atoms with Crippen LogP contribution in [0.25, 0.3) is 0 Å². The first-order valence-electron chi connectivity index (χ1n) is 7.38. The fourth-order valence-corrected chi connectivity index (χ4v) is 2.86. The highest BCUT2D eigenvalue weighted by molar-refractivity contribution is 5.46. The van der Waals surface area contributed by atoms with Crippen molar-refractivity contribution in [3.8, 4) is 5.75 Å². The van der Waals surface area contributed by atoms with Gasteiger partial charge in [-0.15, -0.1) is 0 Å². The van der Waals surface area contributed by atoms with Crippen molar-refractivity contribution in [1.82, 2.24) is 0 Å². The van der Waals surface area contributed by atoms with Crippen molar-refractivity contribution < 1.29 is 10.2 Å². The maximum absolute atomic E-state index is 10.9. The molecule has 1 aromatic carbocycles. The first-order chi connectivity index (χ1) is 9.46. The van der Waals surface area contributed by atoms with Gasteiger partial charge in [-0.3, -0.25) is 0 Å². The summed E-state index contributed by atoms with van der Waals surface area (Å²) < 4.78 is 0. The first-order valence-corrected chi connectivity index (χ1v) is 7.38. The lowest BCUT2D eigenvalue weighted by atomic mass is 9.79. The number of hydrogen-bond acceptors (Lipinski definition) is 2. The number of rotatable bonds is 4. The van der Waals surface area contributed by atoms with Crippen LogP contribution in [-0.2, 0) is 5.60 Å². The molecule has 2 nitrogen and oxygen atoms in total. The van der Waals surface area contributed by atoms with Gasteiger partial charge in [0.15, 0.2) is 0 Å². The van der Waals surface area contributed by atoms with E-state index in [1.165, 1.54) is 11.1 Å². The molecule has 108 valence electrons. The smallest absolute Gasteiger partial charge is 0.122 e. The summed E-state index contributed by atoms with van der Waals surface area (Å²) in [7, 11) is 0. The van der Waals surface area contributed by atoms with E-state index in [1.54, 1.807) is 18.2 Å². The maximum Gasteiger partial charge on any atom is 0.122 e. The van der Waals surface area contributed by atoms with Crippen molar-refractivity contribution in [2.75, 3.05) is 0 Å². The number of hydrogen-bond donors (Lipinski definition) is 2. The molecule has 0 heterocycles. The molecule has 0 spiro atoms. The van der Waals surface area contributed by atoms with E-state index in [4.69, 9.17) is 0 Å². The van der Waals surface area contributed by atoms with E-state index >= 15 is 0 Å². The Bertz CT molecular complexity index is 540. The fourth-order valence-electron chi connectivity index (χ4n) is 2.86. The number of phenolic OH excluding ortho intramolecular Hbond substituents is 1. The molecule has 0 aromatic heterocycles. The van der Waals surface area contributed by atoms with Crippen molar-refractivity contribution in [1.29, 1.82) is 0 Å². The number of benzene rings is 1. The second kappa shape index (κ2) is 5.84. The minimum atomic E-state index is -1.09. The number of para-hydroxylation sites is 1. The average Bonchev–Trinajstić information content (AvgIpc) is 2.41. The minimum Gasteiger partial charge on any atom is -0.508 e. The molecule has 1 aliphatic carbocycles. The highest BCUT2D eigenvalue weighted by atomic mass is 16.3. The minimum absolute atomic E-state index is 0.155. The van der Waals surface area contributed by atoms with E-state index < -0.39 is 5.60 Å². The van der Waals surface area contributed by atoms with E-state index in [-0.39, 0.29) is 5.75 Å². The van der Waals surface area contributed by atoms with Crippen LogP contribution >= 0.6 is 0 Å². The highest BCUT2D eigenvalue weighted by Gasteiger charge is 2.32. The van der Waals surface area contributed by atoms with Gasteiger partial charge in [0.1, 0.15) is 11.4 Å². The number of aliphatic hydroxyl groups is 1. The third kappa shape index (κ3) is 2.96. The molecule has 0 aliphatic heterocycles. The lowest BCUT2D eigenvalue weighted by molar-refractivity contribution is 0.0869. The van der Waals surface area contributed by atoms with Crippen molar-refractivity contribution in [2.24, 2.45) is 5.92 Å². The molecule has 0 fully saturated rings. The molecule has 20 heavy (non-hydrogen) atoms. The van der Waals surface area contributed by atoms with E-state index in [0.717, 1.165) is 12.8 Å². The molecule has 2 heteroatoms. The zero-order chi connectivity index (χ0) is 14.8. The summed E-state index contributed by atoms with van der Waals surface area (Å²) in [6.45, 7) is 6.52. The summed E-state index contributed by atoms with van der Waals surface area (Å²) in [4.78, 5) is 0. The number of phenols is 1. The van der Waals surface area contributed by atoms with Crippen LogP contribution in [0, 0.1) is 5.92 Å². The van der Waals surface area contributed by atoms with Crippen molar-refractivity contribution in [2.45, 2.75) is 45.6 Å². The molecule has 1 unspecified atom stereocenters. The molecule has 1 aromatic rings. The third-order valence-corrected chi connectivity index (χ3v) is 3.86. The van der Waals surface area contributed by atoms with Gasteiger partial charge in [-0.05, 0) is 42.0 Å². The topological polar surface area (TPSA) is 40.5 Å². The molecule has 2 N–H and O–H groups in total. The monoisotopic (exact) mass is 272 g/mol. The van der Waals surface area contributed by atoms with E-state index in [0.29, 0.717) is 17.9 Å². The molecule has 2 rings (SSSR count). The predicted octanol–water partition coefficient (Wildman–Crippen LogP) is 4.29. The molecular formula is C18H24O2. The van der Waals surface area contributed by atoms with Gasteiger partial charge in [0.2, 0.25) is 0 Å². The Morgan fingerprint density at radius 1 is 1.20 bits per heavy atom. The molecule has 0 bridgehead atoms. The molecule has 0 radical (unpaired) electrons.